The lowest BCUT2D eigenvalue weighted by Gasteiger charge is -2.23. The number of sulfone groups is 1. The van der Waals surface area contributed by atoms with Crippen molar-refractivity contribution in [2.75, 3.05) is 25.1 Å². The van der Waals surface area contributed by atoms with Crippen molar-refractivity contribution in [3.05, 3.63) is 65.7 Å². The number of ether oxygens (including phenoxy) is 1. The van der Waals surface area contributed by atoms with Crippen LogP contribution in [-0.4, -0.2) is 56.2 Å². The van der Waals surface area contributed by atoms with E-state index in [2.05, 4.69) is 5.32 Å². The summed E-state index contributed by atoms with van der Waals surface area (Å²) in [6, 6.07) is 15.4. The van der Waals surface area contributed by atoms with Crippen molar-refractivity contribution < 1.29 is 27.5 Å². The maximum absolute atomic E-state index is 12.3. The van der Waals surface area contributed by atoms with Gasteiger partial charge in [0.1, 0.15) is 25.1 Å². The van der Waals surface area contributed by atoms with Crippen LogP contribution in [0.4, 0.5) is 0 Å². The van der Waals surface area contributed by atoms with Crippen LogP contribution in [0.1, 0.15) is 16.5 Å². The average Bonchev–Trinajstić information content (AvgIpc) is 3.11. The largest absolute Gasteiger partial charge is 0.460 e. The molecule has 0 aromatic heterocycles. The van der Waals surface area contributed by atoms with E-state index in [1.165, 1.54) is 28.8 Å². The normalized spacial score (nSPS) is 16.2. The zero-order valence-corrected chi connectivity index (χ0v) is 18.4. The van der Waals surface area contributed by atoms with E-state index in [4.69, 9.17) is 4.74 Å². The van der Waals surface area contributed by atoms with Crippen LogP contribution in [0, 0.1) is 0 Å². The Morgan fingerprint density at radius 3 is 2.45 bits per heavy atom. The number of esters is 1. The van der Waals surface area contributed by atoms with Crippen LogP contribution >= 0.6 is 11.8 Å². The van der Waals surface area contributed by atoms with Crippen LogP contribution in [0.2, 0.25) is 0 Å². The van der Waals surface area contributed by atoms with Gasteiger partial charge in [0.2, 0.25) is 11.8 Å². The van der Waals surface area contributed by atoms with E-state index in [1.54, 1.807) is 12.1 Å². The second kappa shape index (κ2) is 9.97. The summed E-state index contributed by atoms with van der Waals surface area (Å²) in [5.41, 5.74) is 1.56. The second-order valence-corrected chi connectivity index (χ2v) is 10.0. The van der Waals surface area contributed by atoms with E-state index in [1.807, 2.05) is 30.3 Å². The number of carbonyl (C=O) groups is 3. The Kier molecular flexibility index (Phi) is 7.34. The molecule has 8 nitrogen and oxygen atoms in total. The lowest BCUT2D eigenvalue weighted by atomic mass is 10.2. The SMILES string of the molecule is CS(=O)(=O)c1ccc(C2SCC(=O)N2CC(=O)NCC(=O)OCc2ccccc2)cc1. The lowest BCUT2D eigenvalue weighted by molar-refractivity contribution is -0.145. The molecule has 3 rings (SSSR count). The fourth-order valence-electron chi connectivity index (χ4n) is 2.95. The van der Waals surface area contributed by atoms with E-state index in [-0.39, 0.29) is 36.3 Å². The van der Waals surface area contributed by atoms with E-state index in [9.17, 15) is 22.8 Å². The molecule has 1 N–H and O–H groups in total. The number of carbonyl (C=O) groups excluding carboxylic acids is 3. The molecule has 2 amide bonds. The van der Waals surface area contributed by atoms with Crippen molar-refractivity contribution in [1.29, 1.82) is 0 Å². The van der Waals surface area contributed by atoms with E-state index in [0.29, 0.717) is 0 Å². The van der Waals surface area contributed by atoms with Gasteiger partial charge in [-0.25, -0.2) is 8.42 Å². The smallest absolute Gasteiger partial charge is 0.325 e. The molecular formula is C21H22N2O6S2. The zero-order valence-electron chi connectivity index (χ0n) is 16.8. The van der Waals surface area contributed by atoms with Gasteiger partial charge < -0.3 is 15.0 Å². The maximum atomic E-state index is 12.3. The first-order valence-electron chi connectivity index (χ1n) is 9.41. The number of nitrogens with zero attached hydrogens (tertiary/aromatic N) is 1. The van der Waals surface area contributed by atoms with Gasteiger partial charge in [0.25, 0.3) is 0 Å². The third-order valence-corrected chi connectivity index (χ3v) is 6.93. The van der Waals surface area contributed by atoms with Gasteiger partial charge in [0.05, 0.1) is 10.6 Å². The summed E-state index contributed by atoms with van der Waals surface area (Å²) in [6.45, 7) is -0.396. The van der Waals surface area contributed by atoms with E-state index >= 15 is 0 Å². The van der Waals surface area contributed by atoms with Crippen molar-refractivity contribution in [3.63, 3.8) is 0 Å². The summed E-state index contributed by atoms with van der Waals surface area (Å²) < 4.78 is 28.4. The molecule has 0 spiro atoms. The van der Waals surface area contributed by atoms with Crippen LogP contribution in [0.15, 0.2) is 59.5 Å². The number of amides is 2. The predicted octanol–water partition coefficient (Wildman–Crippen LogP) is 1.52. The van der Waals surface area contributed by atoms with Crippen molar-refractivity contribution >= 4 is 39.4 Å². The Hall–Kier alpha value is -2.85. The first-order valence-corrected chi connectivity index (χ1v) is 12.4. The fraction of sp³-hybridized carbons (Fsp3) is 0.286. The molecule has 0 aliphatic carbocycles. The Bertz CT molecular complexity index is 1060. The molecule has 1 saturated heterocycles. The molecule has 1 unspecified atom stereocenters. The van der Waals surface area contributed by atoms with Gasteiger partial charge in [0, 0.05) is 6.26 Å². The molecule has 1 heterocycles. The molecular weight excluding hydrogens is 440 g/mol. The summed E-state index contributed by atoms with van der Waals surface area (Å²) in [4.78, 5) is 38.0. The van der Waals surface area contributed by atoms with Crippen LogP contribution in [0.5, 0.6) is 0 Å². The summed E-state index contributed by atoms with van der Waals surface area (Å²) >= 11 is 1.35. The minimum atomic E-state index is -3.32. The Balaban J connectivity index is 1.53. The van der Waals surface area contributed by atoms with Gasteiger partial charge in [-0.05, 0) is 23.3 Å². The van der Waals surface area contributed by atoms with Gasteiger partial charge in [-0.3, -0.25) is 14.4 Å². The van der Waals surface area contributed by atoms with Gasteiger partial charge in [-0.15, -0.1) is 11.8 Å². The average molecular weight is 463 g/mol. The second-order valence-electron chi connectivity index (χ2n) is 6.95. The van der Waals surface area contributed by atoms with Crippen molar-refractivity contribution in [3.8, 4) is 0 Å². The number of thioether (sulfide) groups is 1. The molecule has 1 aliphatic heterocycles. The minimum Gasteiger partial charge on any atom is -0.460 e. The number of hydrogen-bond acceptors (Lipinski definition) is 7. The zero-order chi connectivity index (χ0) is 22.4. The first kappa shape index (κ1) is 22.8. The molecule has 0 saturated carbocycles. The molecule has 10 heteroatoms. The molecule has 2 aromatic carbocycles. The Labute approximate surface area is 184 Å². The van der Waals surface area contributed by atoms with Crippen molar-refractivity contribution in [2.24, 2.45) is 0 Å². The monoisotopic (exact) mass is 462 g/mol. The highest BCUT2D eigenvalue weighted by Gasteiger charge is 2.34. The Morgan fingerprint density at radius 2 is 1.81 bits per heavy atom. The molecule has 1 fully saturated rings. The molecule has 164 valence electrons. The standard InChI is InChI=1S/C21H22N2O6S2/c1-31(27,28)17-9-7-16(8-10-17)21-23(19(25)14-30-21)12-18(24)22-11-20(26)29-13-15-5-3-2-4-6-15/h2-10,21H,11-14H2,1H3,(H,22,24). The minimum absolute atomic E-state index is 0.113. The van der Waals surface area contributed by atoms with Crippen LogP contribution in [0.25, 0.3) is 0 Å². The topological polar surface area (TPSA) is 110 Å². The molecule has 31 heavy (non-hydrogen) atoms. The summed E-state index contributed by atoms with van der Waals surface area (Å²) in [5.74, 6) is -1.05. The van der Waals surface area contributed by atoms with Gasteiger partial charge in [0.15, 0.2) is 9.84 Å². The number of hydrogen-bond donors (Lipinski definition) is 1. The highest BCUT2D eigenvalue weighted by Crippen LogP contribution is 2.38. The highest BCUT2D eigenvalue weighted by atomic mass is 32.2. The molecule has 0 radical (unpaired) electrons. The lowest BCUT2D eigenvalue weighted by Crippen LogP contribution is -2.41. The van der Waals surface area contributed by atoms with Gasteiger partial charge >= 0.3 is 5.97 Å². The summed E-state index contributed by atoms with van der Waals surface area (Å²) in [6.07, 6.45) is 1.12. The number of rotatable bonds is 8. The number of benzene rings is 2. The third-order valence-electron chi connectivity index (χ3n) is 4.55. The molecule has 2 aromatic rings. The molecule has 1 atom stereocenters. The van der Waals surface area contributed by atoms with Crippen LogP contribution in [0.3, 0.4) is 0 Å². The van der Waals surface area contributed by atoms with Crippen molar-refractivity contribution in [1.82, 2.24) is 10.2 Å². The van der Waals surface area contributed by atoms with Crippen LogP contribution < -0.4 is 5.32 Å². The van der Waals surface area contributed by atoms with E-state index in [0.717, 1.165) is 17.4 Å². The quantitative estimate of drug-likeness (QED) is 0.593. The van der Waals surface area contributed by atoms with Gasteiger partial charge in [-0.2, -0.15) is 0 Å². The summed E-state index contributed by atoms with van der Waals surface area (Å²) in [5, 5.41) is 2.07. The molecule has 0 bridgehead atoms. The Morgan fingerprint density at radius 1 is 1.13 bits per heavy atom. The number of nitrogens with one attached hydrogen (secondary N) is 1. The summed E-state index contributed by atoms with van der Waals surface area (Å²) in [7, 11) is -3.32. The fourth-order valence-corrected chi connectivity index (χ4v) is 4.77. The van der Waals surface area contributed by atoms with Crippen molar-refractivity contribution in [2.45, 2.75) is 16.9 Å². The first-order chi connectivity index (χ1) is 14.7. The maximum Gasteiger partial charge on any atom is 0.325 e. The predicted molar refractivity (Wildman–Crippen MR) is 116 cm³/mol. The highest BCUT2D eigenvalue weighted by molar-refractivity contribution is 8.00. The molecule has 1 aliphatic rings. The van der Waals surface area contributed by atoms with Gasteiger partial charge in [-0.1, -0.05) is 42.5 Å². The van der Waals surface area contributed by atoms with E-state index < -0.39 is 27.1 Å². The third kappa shape index (κ3) is 6.31. The van der Waals surface area contributed by atoms with Crippen LogP contribution in [-0.2, 0) is 35.6 Å².